The van der Waals surface area contributed by atoms with Crippen molar-refractivity contribution in [1.82, 2.24) is 0 Å². The second kappa shape index (κ2) is 26.7. The van der Waals surface area contributed by atoms with Gasteiger partial charge in [-0.25, -0.2) is 13.4 Å². The fourth-order valence-corrected chi connectivity index (χ4v) is 19.6. The maximum atomic E-state index is 14.5. The minimum absolute atomic E-state index is 0. The molecule has 5 aliphatic heterocycles. The van der Waals surface area contributed by atoms with Crippen molar-refractivity contribution in [3.8, 4) is 23.3 Å². The zero-order valence-corrected chi connectivity index (χ0v) is 56.4. The minimum atomic E-state index is -4.97. The molecule has 14 atom stereocenters. The third-order valence-electron chi connectivity index (χ3n) is 22.9. The van der Waals surface area contributed by atoms with Crippen molar-refractivity contribution in [1.29, 1.82) is 0 Å². The van der Waals surface area contributed by atoms with Gasteiger partial charge in [0, 0.05) is 42.6 Å². The number of rotatable bonds is 12. The number of hydrogen-bond acceptors (Lipinski definition) is 10. The standard InChI is InChI=1S/C79H87N3O9S.Na/c1-49-19-20-58-39-65-30-32-68(58)70(49)43-73(92(87,88)89)71-41-60-37-59(40-66-36-51(47-83)13-9-16-56-38-64(84)29-31-69(56)75(60)90-66)74(71)55-25-27-62(28-26-55)79(91-65,82-76(80)81)46-63(35-50-11-3-2-4-12-50)78(86)45-61(44-77(48-78)33-7-8-34-77)52-21-23-54(24-22-52)72(85)42-57-17-10-15-53-14-5-6-18-67(53)57;/h2-6,10-12,14-15,17-18,21-32,38-39,41,49,51,59,61,63,66,70-75,83-86H,7-8,13,19-20,33-37,40,42-48H2,1H3,(H4,80,81,82)(H,87,88,89);/q;+1/p-1. The number of aliphatic hydroxyl groups is 3. The molecule has 478 valence electrons. The number of guanidine groups is 1. The molecule has 9 aliphatic rings. The molecule has 3 fully saturated rings. The van der Waals surface area contributed by atoms with Gasteiger partial charge < -0.3 is 45.9 Å². The van der Waals surface area contributed by atoms with Crippen LogP contribution < -0.4 is 45.8 Å². The number of nitrogens with zero attached hydrogens (tertiary/aromatic N) is 1. The van der Waals surface area contributed by atoms with Crippen molar-refractivity contribution in [3.63, 3.8) is 0 Å². The summed E-state index contributed by atoms with van der Waals surface area (Å²) < 4.78 is 58.3. The van der Waals surface area contributed by atoms with Gasteiger partial charge in [0.05, 0.1) is 33.2 Å². The Morgan fingerprint density at radius 2 is 1.57 bits per heavy atom. The second-order valence-corrected chi connectivity index (χ2v) is 30.3. The molecule has 2 saturated carbocycles. The van der Waals surface area contributed by atoms with E-state index in [1.54, 1.807) is 12.1 Å². The molecular weight excluding hydrogens is 1190 g/mol. The van der Waals surface area contributed by atoms with E-state index in [0.717, 1.165) is 99.4 Å². The predicted octanol–water partition coefficient (Wildman–Crippen LogP) is 10.8. The minimum Gasteiger partial charge on any atom is -0.748 e. The summed E-state index contributed by atoms with van der Waals surface area (Å²) in [6, 6.07) is 52.7. The molecule has 16 rings (SSSR count). The second-order valence-electron chi connectivity index (χ2n) is 28.7. The van der Waals surface area contributed by atoms with E-state index in [0.29, 0.717) is 74.7 Å². The van der Waals surface area contributed by atoms with Gasteiger partial charge in [0.15, 0.2) is 5.96 Å². The van der Waals surface area contributed by atoms with E-state index in [4.69, 9.17) is 25.9 Å². The molecule has 14 unspecified atom stereocenters. The molecule has 7 aromatic rings. The van der Waals surface area contributed by atoms with Crippen LogP contribution in [0.2, 0.25) is 0 Å². The Morgan fingerprint density at radius 3 is 2.33 bits per heavy atom. The van der Waals surface area contributed by atoms with Gasteiger partial charge in [0.25, 0.3) is 0 Å². The van der Waals surface area contributed by atoms with Gasteiger partial charge in [0.2, 0.25) is 5.72 Å². The first kappa shape index (κ1) is 65.4. The van der Waals surface area contributed by atoms with Gasteiger partial charge in [-0.1, -0.05) is 171 Å². The molecule has 0 aromatic heterocycles. The number of allylic oxidation sites excluding steroid dienone is 1. The van der Waals surface area contributed by atoms with Crippen molar-refractivity contribution in [3.05, 3.63) is 225 Å². The largest absolute Gasteiger partial charge is 1.00 e. The van der Waals surface area contributed by atoms with E-state index in [1.165, 1.54) is 0 Å². The van der Waals surface area contributed by atoms with E-state index >= 15 is 0 Å². The molecule has 1 saturated heterocycles. The molecular formula is C79H86N3NaO9S. The number of ether oxygens (including phenoxy) is 2. The van der Waals surface area contributed by atoms with Crippen LogP contribution in [0.1, 0.15) is 182 Å². The summed E-state index contributed by atoms with van der Waals surface area (Å²) >= 11 is 0. The van der Waals surface area contributed by atoms with Crippen molar-refractivity contribution in [2.45, 2.75) is 169 Å². The SMILES string of the molecule is CC1CCc2cc3ccc2C1CC(S(=O)(=O)[O-])C1C=C2CC(CC4CC(CO)CC#Cc5cc(O)ccc5C2O4)C1c1ccc(cc1)C(CC(Cc1ccccc1)C1(O)CC(c2ccc(C(O)Cc4cccc5ccccc45)cc2)CC2(CCCC2)C1)(N=C(N)N)O3.[Na+]. The molecule has 10 bridgehead atoms. The van der Waals surface area contributed by atoms with E-state index in [2.05, 4.69) is 116 Å². The van der Waals surface area contributed by atoms with E-state index in [9.17, 15) is 33.4 Å². The number of aliphatic imine (C=N–C) groups is 1. The van der Waals surface area contributed by atoms with Gasteiger partial charge in [-0.15, -0.1) is 0 Å². The van der Waals surface area contributed by atoms with Gasteiger partial charge in [-0.3, -0.25) is 0 Å². The van der Waals surface area contributed by atoms with Crippen molar-refractivity contribution in [2.24, 2.45) is 51.5 Å². The molecule has 93 heavy (non-hydrogen) atoms. The fraction of sp³-hybridized carbons (Fsp3) is 0.430. The van der Waals surface area contributed by atoms with Crippen LogP contribution in [0.4, 0.5) is 0 Å². The van der Waals surface area contributed by atoms with Crippen LogP contribution in [-0.4, -0.2) is 62.9 Å². The molecule has 14 heteroatoms. The van der Waals surface area contributed by atoms with Crippen LogP contribution in [0.5, 0.6) is 11.5 Å². The van der Waals surface area contributed by atoms with Crippen LogP contribution in [-0.2, 0) is 39.8 Å². The summed E-state index contributed by atoms with van der Waals surface area (Å²) in [5.74, 6) is 4.67. The third-order valence-corrected chi connectivity index (χ3v) is 24.1. The number of nitrogens with two attached hydrogens (primary N) is 2. The molecule has 7 aromatic carbocycles. The number of benzene rings is 7. The molecule has 8 N–H and O–H groups in total. The number of aromatic hydroxyl groups is 1. The summed E-state index contributed by atoms with van der Waals surface area (Å²) in [5.41, 5.74) is 20.4. The molecule has 0 amide bonds. The Hall–Kier alpha value is -6.28. The number of aryl methyl sites for hydroxylation is 1. The molecule has 4 aliphatic carbocycles. The zero-order valence-electron chi connectivity index (χ0n) is 53.6. The number of hydrogen-bond donors (Lipinski definition) is 6. The van der Waals surface area contributed by atoms with Gasteiger partial charge in [0.1, 0.15) is 17.6 Å². The number of fused-ring (bicyclic) bond motifs is 10. The smallest absolute Gasteiger partial charge is 0.748 e. The first-order valence-electron chi connectivity index (χ1n) is 33.7. The van der Waals surface area contributed by atoms with Crippen LogP contribution >= 0.6 is 0 Å². The Labute approximate surface area is 570 Å². The van der Waals surface area contributed by atoms with E-state index < -0.39 is 56.7 Å². The molecule has 0 radical (unpaired) electrons. The van der Waals surface area contributed by atoms with E-state index in [1.807, 2.05) is 54.6 Å². The first-order chi connectivity index (χ1) is 44.4. The normalized spacial score (nSPS) is 29.2. The zero-order chi connectivity index (χ0) is 63.5. The first-order valence-corrected chi connectivity index (χ1v) is 35.2. The Balaban J connectivity index is 0.00000787. The molecule has 5 heterocycles. The van der Waals surface area contributed by atoms with Crippen molar-refractivity contribution >= 4 is 26.9 Å². The van der Waals surface area contributed by atoms with Crippen LogP contribution in [0.15, 0.2) is 174 Å². The predicted molar refractivity (Wildman–Crippen MR) is 359 cm³/mol. The Kier molecular flexibility index (Phi) is 18.8. The van der Waals surface area contributed by atoms with E-state index in [-0.39, 0.29) is 102 Å². The van der Waals surface area contributed by atoms with Gasteiger partial charge >= 0.3 is 29.6 Å². The van der Waals surface area contributed by atoms with Crippen molar-refractivity contribution in [2.75, 3.05) is 6.61 Å². The summed E-state index contributed by atoms with van der Waals surface area (Å²) in [5, 5.41) is 48.6. The Morgan fingerprint density at radius 1 is 0.828 bits per heavy atom. The van der Waals surface area contributed by atoms with Crippen molar-refractivity contribution < 1.29 is 72.4 Å². The van der Waals surface area contributed by atoms with Gasteiger partial charge in [-0.2, -0.15) is 0 Å². The summed E-state index contributed by atoms with van der Waals surface area (Å²) in [4.78, 5) is 5.27. The van der Waals surface area contributed by atoms with Crippen LogP contribution in [0.25, 0.3) is 10.8 Å². The van der Waals surface area contributed by atoms with Crippen LogP contribution in [0.3, 0.4) is 0 Å². The number of phenols is 1. The molecule has 1 spiro atoms. The number of phenolic OH excluding ortho intramolecular Hbond substituents is 1. The monoisotopic (exact) mass is 1280 g/mol. The maximum Gasteiger partial charge on any atom is 1.00 e. The summed E-state index contributed by atoms with van der Waals surface area (Å²) in [6.45, 7) is 2.07. The number of aliphatic hydroxyl groups excluding tert-OH is 2. The Bertz CT molecular complexity index is 4100. The average Bonchev–Trinajstić information content (AvgIpc) is 1.63. The summed E-state index contributed by atoms with van der Waals surface area (Å²) in [7, 11) is -4.97. The quantitative estimate of drug-likeness (QED) is 0.0169. The van der Waals surface area contributed by atoms with Gasteiger partial charge in [-0.05, 0) is 209 Å². The maximum absolute atomic E-state index is 14.5. The molecule has 12 nitrogen and oxygen atoms in total. The van der Waals surface area contributed by atoms with Crippen LogP contribution in [0, 0.1) is 46.8 Å². The average molecular weight is 1280 g/mol. The fourth-order valence-electron chi connectivity index (χ4n) is 18.5. The third kappa shape index (κ3) is 13.4. The topological polar surface area (TPSA) is 221 Å². The summed E-state index contributed by atoms with van der Waals surface area (Å²) in [6.07, 6.45) is 11.3.